The Morgan fingerprint density at radius 3 is 2.35 bits per heavy atom. The van der Waals surface area contributed by atoms with E-state index >= 15 is 0 Å². The van der Waals surface area contributed by atoms with Crippen LogP contribution in [0.4, 0.5) is 39.3 Å². The number of nitrogens with two attached hydrogens (primary N) is 1. The van der Waals surface area contributed by atoms with E-state index in [4.69, 9.17) is 5.73 Å². The molecule has 0 aliphatic rings. The molecule has 0 fully saturated rings. The smallest absolute Gasteiger partial charge is 0.381 e. The van der Waals surface area contributed by atoms with Gasteiger partial charge in [-0.25, -0.2) is 9.37 Å². The van der Waals surface area contributed by atoms with E-state index < -0.39 is 29.2 Å². The Morgan fingerprint density at radius 2 is 1.71 bits per heavy atom. The molecule has 0 atom stereocenters. The zero-order valence-corrected chi connectivity index (χ0v) is 16.0. The molecule has 31 heavy (non-hydrogen) atoms. The van der Waals surface area contributed by atoms with Crippen molar-refractivity contribution in [3.8, 4) is 5.95 Å². The Labute approximate surface area is 172 Å². The highest BCUT2D eigenvalue weighted by atomic mass is 19.4. The number of benzene rings is 2. The van der Waals surface area contributed by atoms with E-state index in [2.05, 4.69) is 20.3 Å². The number of nitrogens with one attached hydrogen (secondary N) is 1. The first kappa shape index (κ1) is 20.5. The molecule has 4 rings (SSSR count). The molecule has 2 aromatic heterocycles. The van der Waals surface area contributed by atoms with E-state index in [0.29, 0.717) is 23.3 Å². The first-order chi connectivity index (χ1) is 14.7. The fraction of sp³-hybridized carbons (Fsp3) is 0.150. The van der Waals surface area contributed by atoms with Crippen LogP contribution in [0.2, 0.25) is 0 Å². The molecule has 0 radical (unpaired) electrons. The quantitative estimate of drug-likeness (QED) is 0.442. The average molecular weight is 434 g/mol. The van der Waals surface area contributed by atoms with E-state index in [1.165, 1.54) is 22.8 Å². The standard InChI is InChI=1S/C20H15F5N6/c1-2-15-28-13-9-11(21)5-8-14(13)31(15)19-29-17(26)16(22)18(30-19)27-12-6-3-10(4-7-12)20(23,24)25/h3-9H,2H2,1H3,(H3,26,27,29,30). The Balaban J connectivity index is 1.78. The van der Waals surface area contributed by atoms with Crippen LogP contribution in [0.25, 0.3) is 17.0 Å². The highest BCUT2D eigenvalue weighted by Gasteiger charge is 2.30. The van der Waals surface area contributed by atoms with Gasteiger partial charge in [-0.1, -0.05) is 6.92 Å². The second-order valence-electron chi connectivity index (χ2n) is 6.62. The number of halogens is 5. The normalized spacial score (nSPS) is 11.8. The van der Waals surface area contributed by atoms with Gasteiger partial charge in [0.05, 0.1) is 16.6 Å². The second kappa shape index (κ2) is 7.49. The number of fused-ring (bicyclic) bond motifs is 1. The molecule has 0 unspecified atom stereocenters. The second-order valence-corrected chi connectivity index (χ2v) is 6.62. The molecular formula is C20H15F5N6. The molecule has 0 aliphatic carbocycles. The van der Waals surface area contributed by atoms with Crippen LogP contribution in [0, 0.1) is 11.6 Å². The third-order valence-corrected chi connectivity index (χ3v) is 4.54. The van der Waals surface area contributed by atoms with Crippen molar-refractivity contribution in [3.63, 3.8) is 0 Å². The lowest BCUT2D eigenvalue weighted by atomic mass is 10.2. The largest absolute Gasteiger partial charge is 0.416 e. The van der Waals surface area contributed by atoms with Crippen LogP contribution in [-0.2, 0) is 12.6 Å². The number of aryl methyl sites for hydroxylation is 1. The maximum atomic E-state index is 14.6. The first-order valence-electron chi connectivity index (χ1n) is 9.12. The lowest BCUT2D eigenvalue weighted by Gasteiger charge is -2.13. The average Bonchev–Trinajstić information content (AvgIpc) is 3.08. The van der Waals surface area contributed by atoms with E-state index in [1.807, 2.05) is 6.92 Å². The highest BCUT2D eigenvalue weighted by Crippen LogP contribution is 2.31. The summed E-state index contributed by atoms with van der Waals surface area (Å²) in [6.45, 7) is 1.82. The number of rotatable bonds is 4. The summed E-state index contributed by atoms with van der Waals surface area (Å²) < 4.78 is 67.9. The van der Waals surface area contributed by atoms with E-state index in [1.54, 1.807) is 0 Å². The van der Waals surface area contributed by atoms with Crippen molar-refractivity contribution >= 4 is 28.4 Å². The van der Waals surface area contributed by atoms with Gasteiger partial charge in [0.1, 0.15) is 11.6 Å². The molecule has 2 aromatic carbocycles. The predicted molar refractivity (Wildman–Crippen MR) is 105 cm³/mol. The van der Waals surface area contributed by atoms with E-state index in [0.717, 1.165) is 24.3 Å². The Hall–Kier alpha value is -3.76. The fourth-order valence-electron chi connectivity index (χ4n) is 3.08. The number of aromatic nitrogens is 4. The van der Waals surface area contributed by atoms with Gasteiger partial charge in [-0.15, -0.1) is 0 Å². The van der Waals surface area contributed by atoms with Gasteiger partial charge in [0, 0.05) is 18.2 Å². The summed E-state index contributed by atoms with van der Waals surface area (Å²) in [5.74, 6) is -1.74. The van der Waals surface area contributed by atoms with Crippen molar-refractivity contribution in [1.29, 1.82) is 0 Å². The maximum Gasteiger partial charge on any atom is 0.416 e. The van der Waals surface area contributed by atoms with Gasteiger partial charge in [-0.05, 0) is 36.4 Å². The molecule has 0 spiro atoms. The van der Waals surface area contributed by atoms with Crippen LogP contribution in [0.15, 0.2) is 42.5 Å². The molecule has 0 amide bonds. The molecule has 4 aromatic rings. The summed E-state index contributed by atoms with van der Waals surface area (Å²) in [7, 11) is 0. The highest BCUT2D eigenvalue weighted by molar-refractivity contribution is 5.78. The minimum atomic E-state index is -4.49. The van der Waals surface area contributed by atoms with Crippen LogP contribution in [0.1, 0.15) is 18.3 Å². The number of hydrogen-bond acceptors (Lipinski definition) is 5. The molecule has 3 N–H and O–H groups in total. The fourth-order valence-corrected chi connectivity index (χ4v) is 3.08. The van der Waals surface area contributed by atoms with Crippen molar-refractivity contribution in [1.82, 2.24) is 19.5 Å². The summed E-state index contributed by atoms with van der Waals surface area (Å²) in [5.41, 5.74) is 5.89. The van der Waals surface area contributed by atoms with Gasteiger partial charge in [-0.2, -0.15) is 27.5 Å². The third-order valence-electron chi connectivity index (χ3n) is 4.54. The van der Waals surface area contributed by atoms with Crippen LogP contribution in [-0.4, -0.2) is 19.5 Å². The van der Waals surface area contributed by atoms with Crippen molar-refractivity contribution in [3.05, 3.63) is 65.5 Å². The van der Waals surface area contributed by atoms with Gasteiger partial charge >= 0.3 is 6.18 Å². The van der Waals surface area contributed by atoms with Crippen molar-refractivity contribution in [2.24, 2.45) is 0 Å². The Kier molecular flexibility index (Phi) is 4.96. The number of hydrogen-bond donors (Lipinski definition) is 2. The van der Waals surface area contributed by atoms with Gasteiger partial charge in [0.2, 0.25) is 11.8 Å². The lowest BCUT2D eigenvalue weighted by molar-refractivity contribution is -0.137. The van der Waals surface area contributed by atoms with Crippen molar-refractivity contribution in [2.75, 3.05) is 11.1 Å². The summed E-state index contributed by atoms with van der Waals surface area (Å²) >= 11 is 0. The summed E-state index contributed by atoms with van der Waals surface area (Å²) in [6.07, 6.45) is -4.05. The van der Waals surface area contributed by atoms with Crippen LogP contribution in [0.5, 0.6) is 0 Å². The number of imidazole rings is 1. The molecule has 11 heteroatoms. The minimum Gasteiger partial charge on any atom is -0.381 e. The van der Waals surface area contributed by atoms with Crippen LogP contribution < -0.4 is 11.1 Å². The first-order valence-corrected chi connectivity index (χ1v) is 9.12. The molecule has 6 nitrogen and oxygen atoms in total. The Bertz CT molecular complexity index is 1260. The Morgan fingerprint density at radius 1 is 1.00 bits per heavy atom. The summed E-state index contributed by atoms with van der Waals surface area (Å²) in [4.78, 5) is 12.5. The maximum absolute atomic E-state index is 14.6. The topological polar surface area (TPSA) is 81.7 Å². The lowest BCUT2D eigenvalue weighted by Crippen LogP contribution is -2.11. The van der Waals surface area contributed by atoms with Gasteiger partial charge in [0.25, 0.3) is 0 Å². The van der Waals surface area contributed by atoms with E-state index in [-0.39, 0.29) is 17.5 Å². The molecule has 0 aliphatic heterocycles. The third kappa shape index (κ3) is 3.86. The van der Waals surface area contributed by atoms with Crippen LogP contribution >= 0.6 is 0 Å². The zero-order valence-electron chi connectivity index (χ0n) is 16.0. The molecule has 0 saturated carbocycles. The number of nitrogen functional groups attached to an aromatic ring is 1. The minimum absolute atomic E-state index is 0.0146. The van der Waals surface area contributed by atoms with E-state index in [9.17, 15) is 22.0 Å². The van der Waals surface area contributed by atoms with Gasteiger partial charge < -0.3 is 11.1 Å². The SMILES string of the molecule is CCc1nc2cc(F)ccc2n1-c1nc(N)c(F)c(Nc2ccc(C(F)(F)F)cc2)n1. The van der Waals surface area contributed by atoms with Crippen LogP contribution in [0.3, 0.4) is 0 Å². The molecule has 160 valence electrons. The monoisotopic (exact) mass is 434 g/mol. The van der Waals surface area contributed by atoms with Crippen molar-refractivity contribution < 1.29 is 22.0 Å². The molecule has 2 heterocycles. The summed E-state index contributed by atoms with van der Waals surface area (Å²) in [5, 5.41) is 2.62. The molecule has 0 saturated heterocycles. The van der Waals surface area contributed by atoms with Crippen molar-refractivity contribution in [2.45, 2.75) is 19.5 Å². The number of anilines is 3. The predicted octanol–water partition coefficient (Wildman–Crippen LogP) is 5.00. The molecule has 0 bridgehead atoms. The zero-order chi connectivity index (χ0) is 22.3. The van der Waals surface area contributed by atoms with Gasteiger partial charge in [0.15, 0.2) is 11.6 Å². The van der Waals surface area contributed by atoms with Gasteiger partial charge in [-0.3, -0.25) is 4.57 Å². The molecular weight excluding hydrogens is 419 g/mol. The summed E-state index contributed by atoms with van der Waals surface area (Å²) in [6, 6.07) is 7.99. The number of nitrogens with zero attached hydrogens (tertiary/aromatic N) is 4. The number of alkyl halides is 3.